The van der Waals surface area contributed by atoms with E-state index in [2.05, 4.69) is 10.4 Å². The molecule has 8 nitrogen and oxygen atoms in total. The molecule has 0 spiro atoms. The molecular weight excluding hydrogens is 416 g/mol. The first-order valence-corrected chi connectivity index (χ1v) is 11.6. The van der Waals surface area contributed by atoms with E-state index < -0.39 is 21.7 Å². The van der Waals surface area contributed by atoms with Crippen LogP contribution in [0.2, 0.25) is 5.02 Å². The van der Waals surface area contributed by atoms with E-state index in [0.717, 1.165) is 12.8 Å². The van der Waals surface area contributed by atoms with Gasteiger partial charge in [-0.3, -0.25) is 9.59 Å². The molecule has 0 saturated heterocycles. The number of nitrogens with one attached hydrogen (secondary N) is 1. The van der Waals surface area contributed by atoms with Crippen LogP contribution in [0, 0.1) is 0 Å². The summed E-state index contributed by atoms with van der Waals surface area (Å²) < 4.78 is 25.5. The quantitative estimate of drug-likeness (QED) is 0.698. The van der Waals surface area contributed by atoms with Crippen LogP contribution in [-0.2, 0) is 30.9 Å². The minimum absolute atomic E-state index is 0.189. The molecule has 3 rings (SSSR count). The predicted molar refractivity (Wildman–Crippen MR) is 111 cm³/mol. The summed E-state index contributed by atoms with van der Waals surface area (Å²) in [5, 5.41) is 7.44. The Hall–Kier alpha value is -2.39. The maximum Gasteiger partial charge on any atom is 0.315 e. The molecule has 1 N–H and O–H groups in total. The van der Waals surface area contributed by atoms with Gasteiger partial charge in [0.2, 0.25) is 0 Å². The maximum atomic E-state index is 12.7. The summed E-state index contributed by atoms with van der Waals surface area (Å²) in [6.07, 6.45) is 1.46. The van der Waals surface area contributed by atoms with Crippen molar-refractivity contribution in [2.24, 2.45) is 0 Å². The fourth-order valence-corrected chi connectivity index (χ4v) is 5.00. The molecule has 0 atom stereocenters. The van der Waals surface area contributed by atoms with Gasteiger partial charge in [0.25, 0.3) is 0 Å². The third-order valence-electron chi connectivity index (χ3n) is 4.54. The van der Waals surface area contributed by atoms with Gasteiger partial charge in [-0.15, -0.1) is 0 Å². The topological polar surface area (TPSA) is 101 Å². The number of carbonyl (C=O) groups is 2. The molecule has 0 bridgehead atoms. The first kappa shape index (κ1) is 21.3. The Labute approximate surface area is 174 Å². The number of amides is 2. The van der Waals surface area contributed by atoms with Crippen LogP contribution in [-0.4, -0.2) is 48.0 Å². The van der Waals surface area contributed by atoms with Crippen LogP contribution >= 0.6 is 11.6 Å². The Morgan fingerprint density at radius 1 is 1.21 bits per heavy atom. The van der Waals surface area contributed by atoms with Gasteiger partial charge in [0.05, 0.1) is 22.9 Å². The third kappa shape index (κ3) is 4.62. The van der Waals surface area contributed by atoms with Gasteiger partial charge in [0, 0.05) is 23.7 Å². The lowest BCUT2D eigenvalue weighted by molar-refractivity contribution is -0.143. The first-order valence-electron chi connectivity index (χ1n) is 9.43. The molecule has 0 saturated carbocycles. The second kappa shape index (κ2) is 8.54. The average Bonchev–Trinajstić information content (AvgIpc) is 3.13. The number of anilines is 1. The summed E-state index contributed by atoms with van der Waals surface area (Å²) in [7, 11) is -3.33. The molecule has 1 aromatic heterocycles. The van der Waals surface area contributed by atoms with Crippen molar-refractivity contribution in [2.45, 2.75) is 38.2 Å². The number of benzene rings is 1. The number of sulfone groups is 1. The Kier molecular flexibility index (Phi) is 6.28. The van der Waals surface area contributed by atoms with E-state index in [1.807, 2.05) is 13.8 Å². The lowest BCUT2D eigenvalue weighted by atomic mass is 10.2. The van der Waals surface area contributed by atoms with Gasteiger partial charge in [-0.2, -0.15) is 5.10 Å². The number of carbonyl (C=O) groups excluding carboxylic acids is 2. The fourth-order valence-electron chi connectivity index (χ4n) is 3.32. The standard InChI is InChI=1S/C19H23ClN4O4S/c1-3-8-23(9-4-2)19(26)18(25)21-17-15-11-29(27,28)12-16(15)22-24(17)14-7-5-6-13(20)10-14/h5-7,10H,3-4,8-9,11-12H2,1-2H3,(H,21,25). The number of halogens is 1. The van der Waals surface area contributed by atoms with Crippen molar-refractivity contribution in [3.05, 3.63) is 40.5 Å². The van der Waals surface area contributed by atoms with Gasteiger partial charge in [-0.1, -0.05) is 31.5 Å². The highest BCUT2D eigenvalue weighted by atomic mass is 35.5. The zero-order valence-electron chi connectivity index (χ0n) is 16.3. The molecule has 0 fully saturated rings. The Morgan fingerprint density at radius 3 is 2.52 bits per heavy atom. The van der Waals surface area contributed by atoms with Crippen molar-refractivity contribution in [3.8, 4) is 5.69 Å². The van der Waals surface area contributed by atoms with Gasteiger partial charge in [0.15, 0.2) is 9.84 Å². The lowest BCUT2D eigenvalue weighted by Gasteiger charge is -2.21. The largest absolute Gasteiger partial charge is 0.334 e. The van der Waals surface area contributed by atoms with E-state index in [4.69, 9.17) is 11.6 Å². The molecule has 156 valence electrons. The monoisotopic (exact) mass is 438 g/mol. The Bertz CT molecular complexity index is 1040. The number of nitrogens with zero attached hydrogens (tertiary/aromatic N) is 3. The van der Waals surface area contributed by atoms with Crippen molar-refractivity contribution in [1.29, 1.82) is 0 Å². The smallest absolute Gasteiger partial charge is 0.315 e. The second-order valence-corrected chi connectivity index (χ2v) is 9.45. The zero-order chi connectivity index (χ0) is 21.2. The van der Waals surface area contributed by atoms with Crippen molar-refractivity contribution in [3.63, 3.8) is 0 Å². The highest BCUT2D eigenvalue weighted by Gasteiger charge is 2.34. The molecule has 0 radical (unpaired) electrons. The molecule has 2 heterocycles. The summed E-state index contributed by atoms with van der Waals surface area (Å²) in [6.45, 7) is 4.81. The fraction of sp³-hybridized carbons (Fsp3) is 0.421. The van der Waals surface area contributed by atoms with E-state index in [0.29, 0.717) is 35.1 Å². The number of rotatable bonds is 6. The minimum Gasteiger partial charge on any atom is -0.334 e. The van der Waals surface area contributed by atoms with E-state index in [9.17, 15) is 18.0 Å². The summed E-state index contributed by atoms with van der Waals surface area (Å²) >= 11 is 6.07. The first-order chi connectivity index (χ1) is 13.8. The maximum absolute atomic E-state index is 12.7. The molecule has 10 heteroatoms. The molecule has 0 unspecified atom stereocenters. The van der Waals surface area contributed by atoms with Crippen molar-refractivity contribution < 1.29 is 18.0 Å². The van der Waals surface area contributed by atoms with Crippen LogP contribution in [0.5, 0.6) is 0 Å². The molecule has 0 aliphatic carbocycles. The van der Waals surface area contributed by atoms with Crippen LogP contribution in [0.25, 0.3) is 5.69 Å². The molecule has 2 aromatic rings. The van der Waals surface area contributed by atoms with E-state index >= 15 is 0 Å². The SMILES string of the molecule is CCCN(CCC)C(=O)C(=O)Nc1c2c(nn1-c1cccc(Cl)c1)CS(=O)(=O)C2. The zero-order valence-corrected chi connectivity index (χ0v) is 17.9. The number of hydrogen-bond acceptors (Lipinski definition) is 5. The third-order valence-corrected chi connectivity index (χ3v) is 6.22. The van der Waals surface area contributed by atoms with Gasteiger partial charge in [-0.05, 0) is 31.0 Å². The van der Waals surface area contributed by atoms with Crippen molar-refractivity contribution in [2.75, 3.05) is 18.4 Å². The van der Waals surface area contributed by atoms with Crippen LogP contribution in [0.4, 0.5) is 5.82 Å². The lowest BCUT2D eigenvalue weighted by Crippen LogP contribution is -2.41. The van der Waals surface area contributed by atoms with Gasteiger partial charge in [0.1, 0.15) is 5.82 Å². The molecule has 1 aliphatic rings. The number of hydrogen-bond donors (Lipinski definition) is 1. The Balaban J connectivity index is 1.97. The summed E-state index contributed by atoms with van der Waals surface area (Å²) in [5.74, 6) is -1.72. The van der Waals surface area contributed by atoms with Crippen LogP contribution in [0.15, 0.2) is 24.3 Å². The van der Waals surface area contributed by atoms with E-state index in [1.54, 1.807) is 24.3 Å². The summed E-state index contributed by atoms with van der Waals surface area (Å²) in [4.78, 5) is 26.8. The average molecular weight is 439 g/mol. The predicted octanol–water partition coefficient (Wildman–Crippen LogP) is 2.54. The molecule has 1 aromatic carbocycles. The highest BCUT2D eigenvalue weighted by Crippen LogP contribution is 2.33. The summed E-state index contributed by atoms with van der Waals surface area (Å²) in [6, 6.07) is 6.81. The molecule has 2 amide bonds. The van der Waals surface area contributed by atoms with Crippen molar-refractivity contribution in [1.82, 2.24) is 14.7 Å². The highest BCUT2D eigenvalue weighted by molar-refractivity contribution is 7.90. The second-order valence-electron chi connectivity index (χ2n) is 6.94. The molecule has 1 aliphatic heterocycles. The summed E-state index contributed by atoms with van der Waals surface area (Å²) in [5.41, 5.74) is 1.33. The molecule has 29 heavy (non-hydrogen) atoms. The van der Waals surface area contributed by atoms with Crippen LogP contribution in [0.3, 0.4) is 0 Å². The van der Waals surface area contributed by atoms with Gasteiger partial charge < -0.3 is 10.2 Å². The minimum atomic E-state index is -3.33. The normalized spacial score (nSPS) is 14.4. The van der Waals surface area contributed by atoms with Crippen LogP contribution in [0.1, 0.15) is 37.9 Å². The number of aromatic nitrogens is 2. The molecular formula is C19H23ClN4O4S. The van der Waals surface area contributed by atoms with E-state index in [1.165, 1.54) is 9.58 Å². The Morgan fingerprint density at radius 2 is 1.90 bits per heavy atom. The number of fused-ring (bicyclic) bond motifs is 1. The van der Waals surface area contributed by atoms with Gasteiger partial charge in [-0.25, -0.2) is 13.1 Å². The van der Waals surface area contributed by atoms with Crippen LogP contribution < -0.4 is 5.32 Å². The van der Waals surface area contributed by atoms with E-state index in [-0.39, 0.29) is 17.3 Å². The van der Waals surface area contributed by atoms with Crippen molar-refractivity contribution >= 4 is 39.1 Å². The van der Waals surface area contributed by atoms with Gasteiger partial charge >= 0.3 is 11.8 Å².